The van der Waals surface area contributed by atoms with Crippen molar-refractivity contribution in [2.24, 2.45) is 0 Å². The zero-order valence-electron chi connectivity index (χ0n) is 9.70. The summed E-state index contributed by atoms with van der Waals surface area (Å²) in [6, 6.07) is 3.86. The average molecular weight is 210 g/mol. The van der Waals surface area contributed by atoms with Gasteiger partial charge in [-0.25, -0.2) is 0 Å². The van der Waals surface area contributed by atoms with Crippen molar-refractivity contribution in [3.05, 3.63) is 23.3 Å². The van der Waals surface area contributed by atoms with E-state index < -0.39 is 0 Å². The lowest BCUT2D eigenvalue weighted by atomic mass is 9.96. The van der Waals surface area contributed by atoms with Crippen molar-refractivity contribution in [2.75, 3.05) is 20.8 Å². The van der Waals surface area contributed by atoms with Gasteiger partial charge in [0, 0.05) is 12.5 Å². The van der Waals surface area contributed by atoms with E-state index in [0.717, 1.165) is 16.9 Å². The molecule has 1 rings (SSSR count). The highest BCUT2D eigenvalue weighted by molar-refractivity contribution is 5.48. The molecule has 3 nitrogen and oxygen atoms in total. The lowest BCUT2D eigenvalue weighted by Gasteiger charge is -2.16. The number of ether oxygens (including phenoxy) is 2. The smallest absolute Gasteiger partial charge is 0.161 e. The fraction of sp³-hybridized carbons (Fsp3) is 0.500. The monoisotopic (exact) mass is 210 g/mol. The first-order valence-corrected chi connectivity index (χ1v) is 4.97. The van der Waals surface area contributed by atoms with Crippen molar-refractivity contribution in [1.82, 2.24) is 0 Å². The van der Waals surface area contributed by atoms with E-state index in [1.165, 1.54) is 0 Å². The van der Waals surface area contributed by atoms with Crippen molar-refractivity contribution in [2.45, 2.75) is 19.8 Å². The van der Waals surface area contributed by atoms with E-state index >= 15 is 0 Å². The summed E-state index contributed by atoms with van der Waals surface area (Å²) in [5.74, 6) is 1.55. The minimum absolute atomic E-state index is 0.116. The van der Waals surface area contributed by atoms with Crippen LogP contribution in [0.2, 0.25) is 0 Å². The minimum Gasteiger partial charge on any atom is -0.493 e. The van der Waals surface area contributed by atoms with Crippen molar-refractivity contribution in [3.8, 4) is 11.5 Å². The van der Waals surface area contributed by atoms with Crippen molar-refractivity contribution < 1.29 is 14.6 Å². The molecule has 1 aromatic carbocycles. The van der Waals surface area contributed by atoms with Crippen LogP contribution in [0.3, 0.4) is 0 Å². The van der Waals surface area contributed by atoms with Crippen LogP contribution in [0.5, 0.6) is 11.5 Å². The van der Waals surface area contributed by atoms with Gasteiger partial charge in [0.15, 0.2) is 11.5 Å². The number of rotatable bonds is 4. The second-order valence-electron chi connectivity index (χ2n) is 3.65. The van der Waals surface area contributed by atoms with Crippen molar-refractivity contribution in [1.29, 1.82) is 0 Å². The number of methoxy groups -OCH3 is 2. The molecular weight excluding hydrogens is 192 g/mol. The van der Waals surface area contributed by atoms with Crippen LogP contribution in [-0.4, -0.2) is 25.9 Å². The summed E-state index contributed by atoms with van der Waals surface area (Å²) in [6.07, 6.45) is 0. The molecule has 0 heterocycles. The number of aliphatic hydroxyl groups excluding tert-OH is 1. The fourth-order valence-corrected chi connectivity index (χ4v) is 1.63. The molecule has 0 aliphatic rings. The van der Waals surface area contributed by atoms with Crippen LogP contribution in [0.15, 0.2) is 12.1 Å². The molecule has 0 saturated carbocycles. The van der Waals surface area contributed by atoms with Gasteiger partial charge in [0.25, 0.3) is 0 Å². The molecule has 0 fully saturated rings. The predicted molar refractivity (Wildman–Crippen MR) is 59.8 cm³/mol. The first kappa shape index (κ1) is 11.9. The van der Waals surface area contributed by atoms with Crippen LogP contribution in [0.25, 0.3) is 0 Å². The third-order valence-corrected chi connectivity index (χ3v) is 2.58. The van der Waals surface area contributed by atoms with E-state index in [1.54, 1.807) is 14.2 Å². The zero-order chi connectivity index (χ0) is 11.4. The van der Waals surface area contributed by atoms with Crippen LogP contribution >= 0.6 is 0 Å². The third kappa shape index (κ3) is 2.42. The van der Waals surface area contributed by atoms with Gasteiger partial charge in [0.1, 0.15) is 0 Å². The molecule has 0 spiro atoms. The molecular formula is C12H18O3. The SMILES string of the molecule is COc1cc(C)c(C(C)CO)cc1OC. The molecule has 0 saturated heterocycles. The highest BCUT2D eigenvalue weighted by Crippen LogP contribution is 2.33. The Hall–Kier alpha value is -1.22. The highest BCUT2D eigenvalue weighted by atomic mass is 16.5. The molecule has 0 aliphatic carbocycles. The second kappa shape index (κ2) is 5.03. The van der Waals surface area contributed by atoms with Gasteiger partial charge in [0.2, 0.25) is 0 Å². The molecule has 0 radical (unpaired) electrons. The van der Waals surface area contributed by atoms with Crippen LogP contribution in [0.4, 0.5) is 0 Å². The minimum atomic E-state index is 0.116. The van der Waals surface area contributed by atoms with E-state index in [1.807, 2.05) is 26.0 Å². The van der Waals surface area contributed by atoms with E-state index in [-0.39, 0.29) is 12.5 Å². The van der Waals surface area contributed by atoms with Crippen LogP contribution in [0.1, 0.15) is 24.0 Å². The number of aryl methyl sites for hydroxylation is 1. The molecule has 1 aromatic rings. The summed E-state index contributed by atoms with van der Waals surface area (Å²) in [4.78, 5) is 0. The molecule has 1 N–H and O–H groups in total. The molecule has 0 aliphatic heterocycles. The first-order chi connectivity index (χ1) is 7.13. The number of hydrogen-bond acceptors (Lipinski definition) is 3. The average Bonchev–Trinajstić information content (AvgIpc) is 2.27. The van der Waals surface area contributed by atoms with Gasteiger partial charge in [-0.15, -0.1) is 0 Å². The fourth-order valence-electron chi connectivity index (χ4n) is 1.63. The Morgan fingerprint density at radius 2 is 1.73 bits per heavy atom. The van der Waals surface area contributed by atoms with Gasteiger partial charge in [-0.05, 0) is 30.2 Å². The van der Waals surface area contributed by atoms with Crippen LogP contribution in [-0.2, 0) is 0 Å². The lowest BCUT2D eigenvalue weighted by molar-refractivity contribution is 0.272. The maximum atomic E-state index is 9.13. The molecule has 0 amide bonds. The summed E-state index contributed by atoms with van der Waals surface area (Å²) in [5.41, 5.74) is 2.20. The maximum Gasteiger partial charge on any atom is 0.161 e. The summed E-state index contributed by atoms with van der Waals surface area (Å²) in [6.45, 7) is 4.12. The lowest BCUT2D eigenvalue weighted by Crippen LogP contribution is -2.03. The normalized spacial score (nSPS) is 12.3. The van der Waals surface area contributed by atoms with Gasteiger partial charge in [-0.2, -0.15) is 0 Å². The Kier molecular flexibility index (Phi) is 3.97. The number of benzene rings is 1. The van der Waals surface area contributed by atoms with Crippen LogP contribution in [0, 0.1) is 6.92 Å². The van der Waals surface area contributed by atoms with E-state index in [4.69, 9.17) is 14.6 Å². The van der Waals surface area contributed by atoms with Gasteiger partial charge in [0.05, 0.1) is 14.2 Å². The van der Waals surface area contributed by atoms with Gasteiger partial charge >= 0.3 is 0 Å². The second-order valence-corrected chi connectivity index (χ2v) is 3.65. The van der Waals surface area contributed by atoms with Gasteiger partial charge < -0.3 is 14.6 Å². The number of aliphatic hydroxyl groups is 1. The van der Waals surface area contributed by atoms with Crippen molar-refractivity contribution >= 4 is 0 Å². The topological polar surface area (TPSA) is 38.7 Å². The quantitative estimate of drug-likeness (QED) is 0.827. The highest BCUT2D eigenvalue weighted by Gasteiger charge is 2.12. The first-order valence-electron chi connectivity index (χ1n) is 4.97. The Morgan fingerprint density at radius 1 is 1.20 bits per heavy atom. The standard InChI is InChI=1S/C12H18O3/c1-8-5-11(14-3)12(15-4)6-10(8)9(2)7-13/h5-6,9,13H,7H2,1-4H3. The molecule has 0 bridgehead atoms. The Labute approximate surface area is 90.6 Å². The van der Waals surface area contributed by atoms with E-state index in [9.17, 15) is 0 Å². The van der Waals surface area contributed by atoms with Gasteiger partial charge in [-0.3, -0.25) is 0 Å². The molecule has 0 aromatic heterocycles. The van der Waals surface area contributed by atoms with E-state index in [0.29, 0.717) is 5.75 Å². The van der Waals surface area contributed by atoms with E-state index in [2.05, 4.69) is 0 Å². The maximum absolute atomic E-state index is 9.13. The summed E-state index contributed by atoms with van der Waals surface area (Å²) in [7, 11) is 3.23. The summed E-state index contributed by atoms with van der Waals surface area (Å²) in [5, 5.41) is 9.13. The Bertz CT molecular complexity index is 334. The summed E-state index contributed by atoms with van der Waals surface area (Å²) >= 11 is 0. The van der Waals surface area contributed by atoms with Crippen LogP contribution < -0.4 is 9.47 Å². The molecule has 1 unspecified atom stereocenters. The number of hydrogen-bond donors (Lipinski definition) is 1. The molecule has 3 heteroatoms. The predicted octanol–water partition coefficient (Wildman–Crippen LogP) is 2.11. The Morgan fingerprint density at radius 3 is 2.20 bits per heavy atom. The van der Waals surface area contributed by atoms with Gasteiger partial charge in [-0.1, -0.05) is 6.92 Å². The largest absolute Gasteiger partial charge is 0.493 e. The van der Waals surface area contributed by atoms with Crippen molar-refractivity contribution in [3.63, 3.8) is 0 Å². The molecule has 1 atom stereocenters. The zero-order valence-corrected chi connectivity index (χ0v) is 9.70. The molecule has 84 valence electrons. The Balaban J connectivity index is 3.19. The molecule has 15 heavy (non-hydrogen) atoms. The summed E-state index contributed by atoms with van der Waals surface area (Å²) < 4.78 is 10.4. The third-order valence-electron chi connectivity index (χ3n) is 2.58.